The first-order chi connectivity index (χ1) is 19.1. The highest BCUT2D eigenvalue weighted by Gasteiger charge is 2.30. The summed E-state index contributed by atoms with van der Waals surface area (Å²) in [5, 5.41) is 6.41. The lowest BCUT2D eigenvalue weighted by Gasteiger charge is -2.24. The van der Waals surface area contributed by atoms with E-state index in [1.807, 2.05) is 45.3 Å². The van der Waals surface area contributed by atoms with E-state index in [4.69, 9.17) is 15.2 Å². The number of anilines is 2. The average Bonchev–Trinajstić information content (AvgIpc) is 3.50. The summed E-state index contributed by atoms with van der Waals surface area (Å²) in [5.41, 5.74) is 7.80. The van der Waals surface area contributed by atoms with Gasteiger partial charge in [-0.25, -0.2) is 9.97 Å². The van der Waals surface area contributed by atoms with Crippen LogP contribution in [0.25, 0.3) is 27.0 Å². The normalized spacial score (nSPS) is 12.4. The Morgan fingerprint density at radius 3 is 2.24 bits per heavy atom. The van der Waals surface area contributed by atoms with Gasteiger partial charge in [0.25, 0.3) is 5.91 Å². The van der Waals surface area contributed by atoms with Crippen molar-refractivity contribution in [2.45, 2.75) is 58.5 Å². The Bertz CT molecular complexity index is 1490. The minimum Gasteiger partial charge on any atom is -0.675 e. The monoisotopic (exact) mass is 593 g/mol. The molecular weight excluding hydrogens is 557 g/mol. The van der Waals surface area contributed by atoms with Crippen LogP contribution in [0.5, 0.6) is 0 Å². The second-order valence-corrected chi connectivity index (χ2v) is 11.5. The number of nitrogens with one attached hydrogen (secondary N) is 3. The Balaban J connectivity index is 0.000000587. The van der Waals surface area contributed by atoms with Crippen LogP contribution in [-0.2, 0) is 22.2 Å². The summed E-state index contributed by atoms with van der Waals surface area (Å²) >= 11 is 1.12. The molecule has 0 bridgehead atoms. The number of methoxy groups -OCH3 is 2. The first-order valence-corrected chi connectivity index (χ1v) is 13.7. The number of ether oxygens (including phenoxy) is 2. The summed E-state index contributed by atoms with van der Waals surface area (Å²) in [4.78, 5) is 21.6. The maximum Gasteiger partial charge on any atom is 0.416 e. The zero-order chi connectivity index (χ0) is 30.6. The van der Waals surface area contributed by atoms with Crippen LogP contribution in [0.1, 0.15) is 50.5 Å². The third-order valence-electron chi connectivity index (χ3n) is 6.47. The number of carbonyl (C=O) groups excluding carboxylic acids is 1. The number of nitrogens with zero attached hydrogens (tertiary/aromatic N) is 3. The molecule has 2 heterocycles. The summed E-state index contributed by atoms with van der Waals surface area (Å²) in [7, 11) is 3.21. The molecule has 0 saturated carbocycles. The largest absolute Gasteiger partial charge is 0.675 e. The second-order valence-electron chi connectivity index (χ2n) is 10.5. The van der Waals surface area contributed by atoms with Crippen LogP contribution in [-0.4, -0.2) is 59.0 Å². The van der Waals surface area contributed by atoms with Crippen LogP contribution in [0.3, 0.4) is 0 Å². The van der Waals surface area contributed by atoms with Gasteiger partial charge in [0.2, 0.25) is 5.95 Å². The van der Waals surface area contributed by atoms with Gasteiger partial charge in [0.05, 0.1) is 32.4 Å². The van der Waals surface area contributed by atoms with Gasteiger partial charge in [0, 0.05) is 38.5 Å². The van der Waals surface area contributed by atoms with Crippen LogP contribution < -0.4 is 10.6 Å². The summed E-state index contributed by atoms with van der Waals surface area (Å²) in [6.45, 7) is 10.8. The Morgan fingerprint density at radius 1 is 1.00 bits per heavy atom. The molecule has 2 aromatic heterocycles. The quantitative estimate of drug-likeness (QED) is 0.215. The lowest BCUT2D eigenvalue weighted by molar-refractivity contribution is -0.137. The molecule has 4 rings (SSSR count). The SMILES string of the molecule is CCn1c(Nc2nc3ccc(C(F)(F)F)cc3s2)nc2cc(C(=O)NCC(C)(C)OC)ccc21.COC(C)(C)C[NH-]. The zero-order valence-corrected chi connectivity index (χ0v) is 25.0. The molecule has 0 spiro atoms. The van der Waals surface area contributed by atoms with Crippen molar-refractivity contribution in [1.29, 1.82) is 0 Å². The van der Waals surface area contributed by atoms with E-state index < -0.39 is 17.3 Å². The second kappa shape index (κ2) is 12.7. The van der Waals surface area contributed by atoms with Gasteiger partial charge in [-0.15, -0.1) is 6.54 Å². The molecule has 0 aliphatic carbocycles. The minimum absolute atomic E-state index is 0.237. The lowest BCUT2D eigenvalue weighted by atomic mass is 10.1. The average molecular weight is 594 g/mol. The molecule has 0 fully saturated rings. The summed E-state index contributed by atoms with van der Waals surface area (Å²) in [5.74, 6) is 0.255. The number of thiazole rings is 1. The first kappa shape index (κ1) is 32.3. The van der Waals surface area contributed by atoms with E-state index in [2.05, 4.69) is 20.6 Å². The number of hydrogen-bond donors (Lipinski definition) is 2. The van der Waals surface area contributed by atoms with Crippen molar-refractivity contribution in [1.82, 2.24) is 19.9 Å². The standard InChI is InChI=1S/C23H24F3N5O2S.C5H12NO/c1-5-31-17-9-6-13(19(32)27-12-22(2,3)33-4)10-16(17)28-20(31)30-21-29-15-8-7-14(23(24,25)26)11-18(15)34-21;1-5(2,4-6)7-3/h6-11H,5,12H2,1-4H3,(H,27,32)(H,28,29,30);6H,4H2,1-3H3/q;-1. The molecule has 0 aliphatic rings. The third kappa shape index (κ3) is 8.15. The Morgan fingerprint density at radius 2 is 1.68 bits per heavy atom. The maximum atomic E-state index is 13.0. The van der Waals surface area contributed by atoms with Crippen molar-refractivity contribution >= 4 is 49.6 Å². The van der Waals surface area contributed by atoms with E-state index in [1.54, 1.807) is 26.4 Å². The lowest BCUT2D eigenvalue weighted by Crippen LogP contribution is -2.39. The number of benzene rings is 2. The number of carbonyl (C=O) groups is 1. The molecule has 2 aromatic carbocycles. The maximum absolute atomic E-state index is 13.0. The first-order valence-electron chi connectivity index (χ1n) is 12.9. The van der Waals surface area contributed by atoms with Crippen molar-refractivity contribution in [3.05, 3.63) is 53.3 Å². The highest BCUT2D eigenvalue weighted by molar-refractivity contribution is 7.22. The van der Waals surface area contributed by atoms with Crippen LogP contribution >= 0.6 is 11.3 Å². The van der Waals surface area contributed by atoms with E-state index in [1.165, 1.54) is 6.07 Å². The molecule has 4 aromatic rings. The molecule has 0 saturated heterocycles. The molecule has 0 radical (unpaired) electrons. The number of alkyl halides is 3. The predicted octanol–water partition coefficient (Wildman–Crippen LogP) is 7.05. The third-order valence-corrected chi connectivity index (χ3v) is 7.40. The smallest absolute Gasteiger partial charge is 0.416 e. The van der Waals surface area contributed by atoms with Crippen molar-refractivity contribution in [2.24, 2.45) is 0 Å². The number of rotatable bonds is 9. The Labute approximate surface area is 241 Å². The molecule has 224 valence electrons. The van der Waals surface area contributed by atoms with Gasteiger partial charge in [0.15, 0.2) is 5.13 Å². The van der Waals surface area contributed by atoms with Crippen LogP contribution in [0.2, 0.25) is 0 Å². The molecule has 0 atom stereocenters. The van der Waals surface area contributed by atoms with Gasteiger partial charge in [-0.05, 0) is 71.0 Å². The van der Waals surface area contributed by atoms with Crippen molar-refractivity contribution in [3.63, 3.8) is 0 Å². The fourth-order valence-corrected chi connectivity index (χ4v) is 4.37. The topological polar surface area (TPSA) is 114 Å². The van der Waals surface area contributed by atoms with Crippen molar-refractivity contribution < 1.29 is 27.4 Å². The summed E-state index contributed by atoms with van der Waals surface area (Å²) in [6, 6.07) is 8.73. The van der Waals surface area contributed by atoms with Gasteiger partial charge in [0.1, 0.15) is 0 Å². The molecule has 0 aliphatic heterocycles. The molecular formula is C28H36F3N6O3S-. The van der Waals surface area contributed by atoms with Crippen LogP contribution in [0.4, 0.5) is 24.3 Å². The highest BCUT2D eigenvalue weighted by Crippen LogP contribution is 2.35. The number of halogens is 3. The molecule has 13 heteroatoms. The highest BCUT2D eigenvalue weighted by atomic mass is 32.1. The zero-order valence-electron chi connectivity index (χ0n) is 24.2. The number of fused-ring (bicyclic) bond motifs is 2. The Hall–Kier alpha value is -3.26. The summed E-state index contributed by atoms with van der Waals surface area (Å²) < 4.78 is 51.6. The molecule has 3 N–H and O–H groups in total. The van der Waals surface area contributed by atoms with Gasteiger partial charge >= 0.3 is 6.18 Å². The molecule has 0 unspecified atom stereocenters. The van der Waals surface area contributed by atoms with E-state index >= 15 is 0 Å². The van der Waals surface area contributed by atoms with Gasteiger partial charge in [-0.1, -0.05) is 11.3 Å². The van der Waals surface area contributed by atoms with Gasteiger partial charge in [-0.2, -0.15) is 13.2 Å². The molecule has 9 nitrogen and oxygen atoms in total. The van der Waals surface area contributed by atoms with Crippen molar-refractivity contribution in [3.8, 4) is 0 Å². The molecule has 1 amide bonds. The van der Waals surface area contributed by atoms with E-state index in [-0.39, 0.29) is 11.5 Å². The number of aromatic nitrogens is 3. The minimum atomic E-state index is -4.41. The van der Waals surface area contributed by atoms with E-state index in [0.29, 0.717) is 52.0 Å². The van der Waals surface area contributed by atoms with E-state index in [9.17, 15) is 18.0 Å². The van der Waals surface area contributed by atoms with Crippen LogP contribution in [0, 0.1) is 0 Å². The van der Waals surface area contributed by atoms with Gasteiger partial charge < -0.3 is 30.4 Å². The van der Waals surface area contributed by atoms with Crippen LogP contribution in [0.15, 0.2) is 36.4 Å². The fourth-order valence-electron chi connectivity index (χ4n) is 3.48. The van der Waals surface area contributed by atoms with Crippen molar-refractivity contribution in [2.75, 3.05) is 32.6 Å². The fraction of sp³-hybridized carbons (Fsp3) is 0.464. The predicted molar refractivity (Wildman–Crippen MR) is 157 cm³/mol. The van der Waals surface area contributed by atoms with Gasteiger partial charge in [-0.3, -0.25) is 4.79 Å². The number of imidazole rings is 1. The number of amides is 1. The van der Waals surface area contributed by atoms with E-state index in [0.717, 1.165) is 29.0 Å². The number of hydrogen-bond acceptors (Lipinski definition) is 7. The Kier molecular flexibility index (Phi) is 10.0. The number of aryl methyl sites for hydroxylation is 1. The summed E-state index contributed by atoms with van der Waals surface area (Å²) in [6.07, 6.45) is -4.41. The molecule has 41 heavy (non-hydrogen) atoms.